The van der Waals surface area contributed by atoms with E-state index in [1.165, 1.54) is 18.5 Å². The van der Waals surface area contributed by atoms with Crippen LogP contribution in [0.2, 0.25) is 0 Å². The Morgan fingerprint density at radius 3 is 2.63 bits per heavy atom. The molecule has 5 rings (SSSR count). The number of ether oxygens (including phenoxy) is 1. The van der Waals surface area contributed by atoms with Gasteiger partial charge in [-0.15, -0.1) is 11.8 Å². The Labute approximate surface area is 183 Å². The van der Waals surface area contributed by atoms with Crippen molar-refractivity contribution >= 4 is 23.2 Å². The third kappa shape index (κ3) is 4.44. The molecule has 1 unspecified atom stereocenters. The highest BCUT2D eigenvalue weighted by Crippen LogP contribution is 2.52. The first kappa shape index (κ1) is 20.5. The maximum absolute atomic E-state index is 6.29. The van der Waals surface area contributed by atoms with Gasteiger partial charge in [0.05, 0.1) is 23.7 Å². The van der Waals surface area contributed by atoms with Gasteiger partial charge in [-0.05, 0) is 52.1 Å². The van der Waals surface area contributed by atoms with Gasteiger partial charge in [-0.25, -0.2) is 9.97 Å². The van der Waals surface area contributed by atoms with Crippen LogP contribution in [0.3, 0.4) is 0 Å². The van der Waals surface area contributed by atoms with Crippen molar-refractivity contribution < 1.29 is 4.74 Å². The molecule has 1 atom stereocenters. The summed E-state index contributed by atoms with van der Waals surface area (Å²) in [7, 11) is 0. The minimum absolute atomic E-state index is 0.0897. The van der Waals surface area contributed by atoms with E-state index in [0.717, 1.165) is 81.1 Å². The summed E-state index contributed by atoms with van der Waals surface area (Å²) in [4.78, 5) is 12.6. The number of thioether (sulfide) groups is 1. The zero-order valence-corrected chi connectivity index (χ0v) is 18.7. The number of nitrogens with zero attached hydrogens (tertiary/aromatic N) is 3. The van der Waals surface area contributed by atoms with Crippen LogP contribution in [0.5, 0.6) is 0 Å². The molecule has 0 aromatic carbocycles. The van der Waals surface area contributed by atoms with Crippen molar-refractivity contribution in [2.75, 3.05) is 44.3 Å². The Bertz CT molecular complexity index is 836. The Kier molecular flexibility index (Phi) is 5.64. The van der Waals surface area contributed by atoms with Crippen molar-refractivity contribution in [1.82, 2.24) is 15.3 Å². The van der Waals surface area contributed by atoms with Crippen LogP contribution in [0.15, 0.2) is 24.3 Å². The standard InChI is InChI=1S/C23H33N5OS/c1-22(24)6-4-17(5-7-22)21-26-19(16-20(27-21)28-12-14-29-15-13-28)23(30-18-2-3-18)8-10-25-11-9-23/h4-6,16,18,25H,2-3,7-15,24H2,1H3. The van der Waals surface area contributed by atoms with Crippen LogP contribution in [0.1, 0.15) is 50.5 Å². The molecule has 0 amide bonds. The van der Waals surface area contributed by atoms with Crippen LogP contribution in [0.4, 0.5) is 5.82 Å². The highest BCUT2D eigenvalue weighted by atomic mass is 32.2. The third-order valence-electron chi connectivity index (χ3n) is 6.51. The lowest BCUT2D eigenvalue weighted by Crippen LogP contribution is -2.40. The zero-order valence-electron chi connectivity index (χ0n) is 17.9. The summed E-state index contributed by atoms with van der Waals surface area (Å²) in [6, 6.07) is 2.27. The van der Waals surface area contributed by atoms with Crippen LogP contribution < -0.4 is 16.0 Å². The number of hydrogen-bond acceptors (Lipinski definition) is 7. The number of nitrogens with two attached hydrogens (primary N) is 1. The molecule has 0 bridgehead atoms. The van der Waals surface area contributed by atoms with Crippen LogP contribution >= 0.6 is 11.8 Å². The summed E-state index contributed by atoms with van der Waals surface area (Å²) in [5.41, 5.74) is 8.31. The summed E-state index contributed by atoms with van der Waals surface area (Å²) < 4.78 is 5.67. The molecule has 1 aromatic heterocycles. The molecule has 1 aromatic rings. The highest BCUT2D eigenvalue weighted by molar-refractivity contribution is 8.01. The van der Waals surface area contributed by atoms with Gasteiger partial charge in [-0.3, -0.25) is 0 Å². The second-order valence-electron chi connectivity index (χ2n) is 9.30. The number of anilines is 1. The first-order valence-electron chi connectivity index (χ1n) is 11.3. The van der Waals surface area contributed by atoms with E-state index < -0.39 is 0 Å². The molecule has 0 spiro atoms. The number of rotatable bonds is 5. The Morgan fingerprint density at radius 2 is 1.97 bits per heavy atom. The van der Waals surface area contributed by atoms with E-state index >= 15 is 0 Å². The highest BCUT2D eigenvalue weighted by Gasteiger charge is 2.42. The topological polar surface area (TPSA) is 76.3 Å². The predicted molar refractivity (Wildman–Crippen MR) is 124 cm³/mol. The molecule has 4 aliphatic rings. The van der Waals surface area contributed by atoms with E-state index in [9.17, 15) is 0 Å². The number of piperidine rings is 1. The first-order valence-corrected chi connectivity index (χ1v) is 12.2. The van der Waals surface area contributed by atoms with Gasteiger partial charge in [0.2, 0.25) is 0 Å². The predicted octanol–water partition coefficient (Wildman–Crippen LogP) is 2.85. The quantitative estimate of drug-likeness (QED) is 0.748. The Morgan fingerprint density at radius 1 is 1.20 bits per heavy atom. The number of allylic oxidation sites excluding steroid dienone is 2. The van der Waals surface area contributed by atoms with Gasteiger partial charge in [-0.1, -0.05) is 18.2 Å². The number of aromatic nitrogens is 2. The fourth-order valence-electron chi connectivity index (χ4n) is 4.43. The van der Waals surface area contributed by atoms with E-state index in [-0.39, 0.29) is 10.3 Å². The summed E-state index contributed by atoms with van der Waals surface area (Å²) in [5.74, 6) is 1.89. The van der Waals surface area contributed by atoms with Gasteiger partial charge >= 0.3 is 0 Å². The number of morpholine rings is 1. The van der Waals surface area contributed by atoms with Crippen molar-refractivity contribution in [3.05, 3.63) is 35.8 Å². The lowest BCUT2D eigenvalue weighted by Gasteiger charge is -2.38. The maximum Gasteiger partial charge on any atom is 0.161 e. The fraction of sp³-hybridized carbons (Fsp3) is 0.652. The van der Waals surface area contributed by atoms with Crippen molar-refractivity contribution in [2.24, 2.45) is 5.73 Å². The lowest BCUT2D eigenvalue weighted by atomic mass is 9.90. The number of nitrogens with one attached hydrogen (secondary N) is 1. The minimum atomic E-state index is -0.285. The SMILES string of the molecule is CC1(N)C=CC(c2nc(N3CCOCC3)cc(C3(SC4CC4)CCNCC3)n2)=CC1. The molecule has 30 heavy (non-hydrogen) atoms. The molecule has 0 radical (unpaired) electrons. The van der Waals surface area contributed by atoms with E-state index in [1.54, 1.807) is 0 Å². The van der Waals surface area contributed by atoms with Gasteiger partial charge in [-0.2, -0.15) is 0 Å². The molecule has 162 valence electrons. The van der Waals surface area contributed by atoms with Crippen molar-refractivity contribution in [3.8, 4) is 0 Å². The van der Waals surface area contributed by atoms with E-state index in [0.29, 0.717) is 0 Å². The molecule has 7 heteroatoms. The molecule has 6 nitrogen and oxygen atoms in total. The molecule has 3 fully saturated rings. The largest absolute Gasteiger partial charge is 0.378 e. The number of hydrogen-bond donors (Lipinski definition) is 2. The van der Waals surface area contributed by atoms with Gasteiger partial charge < -0.3 is 20.7 Å². The molecule has 1 saturated carbocycles. The third-order valence-corrected chi connectivity index (χ3v) is 8.38. The monoisotopic (exact) mass is 427 g/mol. The molecular weight excluding hydrogens is 394 g/mol. The van der Waals surface area contributed by atoms with Gasteiger partial charge in [0, 0.05) is 35.5 Å². The molecule has 3 heterocycles. The van der Waals surface area contributed by atoms with Crippen LogP contribution in [-0.2, 0) is 9.48 Å². The minimum Gasteiger partial charge on any atom is -0.378 e. The van der Waals surface area contributed by atoms with Crippen LogP contribution in [0.25, 0.3) is 5.57 Å². The second kappa shape index (κ2) is 8.26. The Balaban J connectivity index is 1.55. The van der Waals surface area contributed by atoms with E-state index in [1.807, 2.05) is 0 Å². The van der Waals surface area contributed by atoms with Gasteiger partial charge in [0.25, 0.3) is 0 Å². The normalized spacial score (nSPS) is 29.0. The summed E-state index contributed by atoms with van der Waals surface area (Å²) in [5, 5.41) is 4.34. The van der Waals surface area contributed by atoms with Crippen LogP contribution in [-0.4, -0.2) is 60.1 Å². The smallest absolute Gasteiger partial charge is 0.161 e. The molecular formula is C23H33N5OS. The summed E-state index contributed by atoms with van der Waals surface area (Å²) >= 11 is 2.17. The van der Waals surface area contributed by atoms with Crippen molar-refractivity contribution in [3.63, 3.8) is 0 Å². The van der Waals surface area contributed by atoms with Gasteiger partial charge in [0.15, 0.2) is 5.82 Å². The van der Waals surface area contributed by atoms with E-state index in [2.05, 4.69) is 53.2 Å². The second-order valence-corrected chi connectivity index (χ2v) is 11.0. The molecule has 3 N–H and O–H groups in total. The maximum atomic E-state index is 6.29. The Hall–Kier alpha value is -1.41. The lowest BCUT2D eigenvalue weighted by molar-refractivity contribution is 0.122. The van der Waals surface area contributed by atoms with Crippen molar-refractivity contribution in [2.45, 2.75) is 54.6 Å². The average molecular weight is 428 g/mol. The fourth-order valence-corrected chi connectivity index (χ4v) is 6.11. The molecule has 2 aliphatic heterocycles. The average Bonchev–Trinajstić information content (AvgIpc) is 3.58. The summed E-state index contributed by atoms with van der Waals surface area (Å²) in [6.07, 6.45) is 12.2. The first-order chi connectivity index (χ1) is 14.5. The summed E-state index contributed by atoms with van der Waals surface area (Å²) in [6.45, 7) is 7.46. The van der Waals surface area contributed by atoms with Crippen molar-refractivity contribution in [1.29, 1.82) is 0 Å². The van der Waals surface area contributed by atoms with Crippen LogP contribution in [0, 0.1) is 0 Å². The van der Waals surface area contributed by atoms with Gasteiger partial charge in [0.1, 0.15) is 5.82 Å². The zero-order chi connectivity index (χ0) is 20.6. The van der Waals surface area contributed by atoms with E-state index in [4.69, 9.17) is 20.4 Å². The molecule has 2 aliphatic carbocycles. The molecule has 2 saturated heterocycles.